The van der Waals surface area contributed by atoms with Crippen LogP contribution in [0.1, 0.15) is 10.5 Å². The maximum absolute atomic E-state index is 11.8. The van der Waals surface area contributed by atoms with Crippen LogP contribution in [0.5, 0.6) is 0 Å². The first-order chi connectivity index (χ1) is 9.34. The molecule has 0 saturated carbocycles. The Kier molecular flexibility index (Phi) is 2.77. The van der Waals surface area contributed by atoms with E-state index >= 15 is 0 Å². The van der Waals surface area contributed by atoms with E-state index in [0.29, 0.717) is 5.95 Å². The monoisotopic (exact) mass is 255 g/mol. The molecule has 1 N–H and O–H groups in total. The Labute approximate surface area is 107 Å². The average molecular weight is 255 g/mol. The number of benzene rings is 1. The van der Waals surface area contributed by atoms with E-state index in [1.54, 1.807) is 4.57 Å². The third-order valence-corrected chi connectivity index (χ3v) is 2.48. The van der Waals surface area contributed by atoms with Crippen LogP contribution in [0.2, 0.25) is 0 Å². The van der Waals surface area contributed by atoms with Crippen LogP contribution < -0.4 is 5.32 Å². The van der Waals surface area contributed by atoms with Crippen molar-refractivity contribution in [2.24, 2.45) is 0 Å². The van der Waals surface area contributed by atoms with Gasteiger partial charge in [-0.3, -0.25) is 14.7 Å². The summed E-state index contributed by atoms with van der Waals surface area (Å²) in [5.41, 5.74) is 1.03. The second kappa shape index (κ2) is 4.73. The molecule has 1 amide bonds. The van der Waals surface area contributed by atoms with Gasteiger partial charge in [0.15, 0.2) is 5.69 Å². The highest BCUT2D eigenvalue weighted by molar-refractivity contribution is 6.01. The number of anilines is 1. The standard InChI is InChI=1S/C12H9N5O2/c18-11(10-6-7-19-16-10)14-12-15-13-8-17(12)9-4-2-1-3-5-9/h1-8H,(H,14,15,18). The third-order valence-electron chi connectivity index (χ3n) is 2.48. The van der Waals surface area contributed by atoms with Gasteiger partial charge in [-0.05, 0) is 12.1 Å². The Morgan fingerprint density at radius 3 is 2.79 bits per heavy atom. The Balaban J connectivity index is 1.87. The minimum atomic E-state index is -0.404. The average Bonchev–Trinajstić information content (AvgIpc) is 3.11. The molecule has 0 fully saturated rings. The van der Waals surface area contributed by atoms with Crippen molar-refractivity contribution in [3.63, 3.8) is 0 Å². The summed E-state index contributed by atoms with van der Waals surface area (Å²) in [4.78, 5) is 11.8. The van der Waals surface area contributed by atoms with Gasteiger partial charge in [0.2, 0.25) is 5.95 Å². The van der Waals surface area contributed by atoms with E-state index in [4.69, 9.17) is 0 Å². The van der Waals surface area contributed by atoms with E-state index in [1.165, 1.54) is 18.7 Å². The van der Waals surface area contributed by atoms with Gasteiger partial charge in [-0.2, -0.15) is 0 Å². The summed E-state index contributed by atoms with van der Waals surface area (Å²) < 4.78 is 6.28. The number of para-hydroxylation sites is 1. The first-order valence-corrected chi connectivity index (χ1v) is 5.52. The number of nitrogens with one attached hydrogen (secondary N) is 1. The minimum absolute atomic E-state index is 0.183. The van der Waals surface area contributed by atoms with Gasteiger partial charge in [-0.15, -0.1) is 10.2 Å². The zero-order chi connectivity index (χ0) is 13.1. The van der Waals surface area contributed by atoms with Crippen molar-refractivity contribution in [1.29, 1.82) is 0 Å². The van der Waals surface area contributed by atoms with E-state index in [-0.39, 0.29) is 5.69 Å². The predicted molar refractivity (Wildman–Crippen MR) is 65.8 cm³/mol. The van der Waals surface area contributed by atoms with E-state index < -0.39 is 5.91 Å². The van der Waals surface area contributed by atoms with Crippen molar-refractivity contribution in [2.75, 3.05) is 5.32 Å². The molecule has 2 heterocycles. The van der Waals surface area contributed by atoms with Gasteiger partial charge >= 0.3 is 0 Å². The fourth-order valence-corrected chi connectivity index (χ4v) is 1.59. The highest BCUT2D eigenvalue weighted by Crippen LogP contribution is 2.13. The molecule has 0 aliphatic rings. The number of carbonyl (C=O) groups excluding carboxylic acids is 1. The number of carbonyl (C=O) groups is 1. The smallest absolute Gasteiger partial charge is 0.280 e. The molecule has 0 saturated heterocycles. The van der Waals surface area contributed by atoms with Gasteiger partial charge in [-0.25, -0.2) is 0 Å². The van der Waals surface area contributed by atoms with Crippen LogP contribution in [0.25, 0.3) is 5.69 Å². The van der Waals surface area contributed by atoms with Crippen LogP contribution >= 0.6 is 0 Å². The lowest BCUT2D eigenvalue weighted by Gasteiger charge is -2.06. The minimum Gasteiger partial charge on any atom is -0.364 e. The summed E-state index contributed by atoms with van der Waals surface area (Å²) in [5, 5.41) is 13.8. The fourth-order valence-electron chi connectivity index (χ4n) is 1.59. The molecule has 0 bridgehead atoms. The summed E-state index contributed by atoms with van der Waals surface area (Å²) >= 11 is 0. The maximum Gasteiger partial charge on any atom is 0.280 e. The summed E-state index contributed by atoms with van der Waals surface area (Å²) in [6.45, 7) is 0. The Hall–Kier alpha value is -2.96. The maximum atomic E-state index is 11.8. The second-order valence-corrected chi connectivity index (χ2v) is 3.70. The van der Waals surface area contributed by atoms with E-state index in [9.17, 15) is 4.79 Å². The lowest BCUT2D eigenvalue weighted by molar-refractivity contribution is 0.101. The van der Waals surface area contributed by atoms with Crippen LogP contribution in [0.4, 0.5) is 5.95 Å². The molecule has 0 radical (unpaired) electrons. The van der Waals surface area contributed by atoms with Crippen molar-refractivity contribution < 1.29 is 9.32 Å². The van der Waals surface area contributed by atoms with E-state index in [1.807, 2.05) is 30.3 Å². The SMILES string of the molecule is O=C(Nc1nncn1-c1ccccc1)c1ccon1. The molecule has 3 rings (SSSR count). The van der Waals surface area contributed by atoms with Crippen molar-refractivity contribution in [3.8, 4) is 5.69 Å². The van der Waals surface area contributed by atoms with Crippen molar-refractivity contribution >= 4 is 11.9 Å². The van der Waals surface area contributed by atoms with Crippen molar-refractivity contribution in [2.45, 2.75) is 0 Å². The highest BCUT2D eigenvalue weighted by Gasteiger charge is 2.13. The number of rotatable bonds is 3. The quantitative estimate of drug-likeness (QED) is 0.766. The van der Waals surface area contributed by atoms with Gasteiger partial charge in [0, 0.05) is 6.07 Å². The van der Waals surface area contributed by atoms with Gasteiger partial charge in [0.05, 0.1) is 5.69 Å². The molecule has 7 heteroatoms. The van der Waals surface area contributed by atoms with Gasteiger partial charge in [-0.1, -0.05) is 23.4 Å². The van der Waals surface area contributed by atoms with E-state index in [0.717, 1.165) is 5.69 Å². The molecule has 0 aliphatic carbocycles. The number of hydrogen-bond donors (Lipinski definition) is 1. The molecule has 7 nitrogen and oxygen atoms in total. The summed E-state index contributed by atoms with van der Waals surface area (Å²) in [7, 11) is 0. The predicted octanol–water partition coefficient (Wildman–Crippen LogP) is 1.51. The molecule has 0 atom stereocenters. The van der Waals surface area contributed by atoms with Crippen LogP contribution in [-0.2, 0) is 0 Å². The number of nitrogens with zero attached hydrogens (tertiary/aromatic N) is 4. The summed E-state index contributed by atoms with van der Waals surface area (Å²) in [6, 6.07) is 10.9. The fraction of sp³-hybridized carbons (Fsp3) is 0. The Morgan fingerprint density at radius 1 is 1.21 bits per heavy atom. The normalized spacial score (nSPS) is 10.3. The Morgan fingerprint density at radius 2 is 2.05 bits per heavy atom. The lowest BCUT2D eigenvalue weighted by Crippen LogP contribution is -2.15. The molecule has 2 aromatic heterocycles. The zero-order valence-electron chi connectivity index (χ0n) is 9.72. The molecule has 0 aliphatic heterocycles. The van der Waals surface area contributed by atoms with Crippen LogP contribution in [0.15, 0.2) is 53.5 Å². The van der Waals surface area contributed by atoms with Crippen LogP contribution in [0, 0.1) is 0 Å². The van der Waals surface area contributed by atoms with Crippen LogP contribution in [0.3, 0.4) is 0 Å². The number of aromatic nitrogens is 4. The molecular formula is C12H9N5O2. The van der Waals surface area contributed by atoms with E-state index in [2.05, 4.69) is 25.2 Å². The topological polar surface area (TPSA) is 85.8 Å². The van der Waals surface area contributed by atoms with Gasteiger partial charge < -0.3 is 4.52 Å². The number of amides is 1. The molecule has 94 valence electrons. The molecular weight excluding hydrogens is 246 g/mol. The third kappa shape index (κ3) is 2.21. The molecule has 0 unspecified atom stereocenters. The highest BCUT2D eigenvalue weighted by atomic mass is 16.5. The Bertz CT molecular complexity index is 675. The van der Waals surface area contributed by atoms with Crippen molar-refractivity contribution in [1.82, 2.24) is 19.9 Å². The number of hydrogen-bond acceptors (Lipinski definition) is 5. The molecule has 0 spiro atoms. The van der Waals surface area contributed by atoms with Crippen molar-refractivity contribution in [3.05, 3.63) is 54.7 Å². The first kappa shape index (κ1) is 11.1. The lowest BCUT2D eigenvalue weighted by atomic mass is 10.3. The first-order valence-electron chi connectivity index (χ1n) is 5.52. The molecule has 1 aromatic carbocycles. The zero-order valence-corrected chi connectivity index (χ0v) is 9.72. The van der Waals surface area contributed by atoms with Gasteiger partial charge in [0.1, 0.15) is 12.6 Å². The summed E-state index contributed by atoms with van der Waals surface area (Å²) in [6.07, 6.45) is 2.85. The molecule has 19 heavy (non-hydrogen) atoms. The summed E-state index contributed by atoms with van der Waals surface area (Å²) in [5.74, 6) is -0.0851. The van der Waals surface area contributed by atoms with Gasteiger partial charge in [0.25, 0.3) is 5.91 Å². The van der Waals surface area contributed by atoms with Crippen LogP contribution in [-0.4, -0.2) is 25.8 Å². The largest absolute Gasteiger partial charge is 0.364 e. The molecule has 3 aromatic rings. The second-order valence-electron chi connectivity index (χ2n) is 3.70.